The van der Waals surface area contributed by atoms with Crippen molar-refractivity contribution < 1.29 is 9.47 Å². The van der Waals surface area contributed by atoms with Gasteiger partial charge in [0.25, 0.3) is 0 Å². The molecule has 4 aromatic rings. The minimum absolute atomic E-state index is 0.247. The minimum atomic E-state index is 0.247. The fraction of sp³-hybridized carbons (Fsp3) is 0.174. The quantitative estimate of drug-likeness (QED) is 0.377. The van der Waals surface area contributed by atoms with Crippen LogP contribution in [0, 0.1) is 6.92 Å². The molecular formula is C23H19ClN4O2S. The molecule has 5 rings (SSSR count). The van der Waals surface area contributed by atoms with Gasteiger partial charge < -0.3 is 9.47 Å². The van der Waals surface area contributed by atoms with Gasteiger partial charge in [0.2, 0.25) is 0 Å². The Morgan fingerprint density at radius 2 is 2.03 bits per heavy atom. The van der Waals surface area contributed by atoms with Crippen molar-refractivity contribution in [3.8, 4) is 22.8 Å². The maximum absolute atomic E-state index is 6.34. The highest BCUT2D eigenvalue weighted by Crippen LogP contribution is 2.37. The van der Waals surface area contributed by atoms with Crippen molar-refractivity contribution in [1.82, 2.24) is 19.7 Å². The summed E-state index contributed by atoms with van der Waals surface area (Å²) in [5, 5.41) is 10.5. The van der Waals surface area contributed by atoms with Gasteiger partial charge in [0, 0.05) is 39.9 Å². The van der Waals surface area contributed by atoms with E-state index in [2.05, 4.69) is 38.8 Å². The molecule has 0 N–H and O–H groups in total. The lowest BCUT2D eigenvalue weighted by Crippen LogP contribution is -2.13. The largest absolute Gasteiger partial charge is 0.467 e. The number of fused-ring (bicyclic) bond motifs is 1. The molecule has 0 atom stereocenters. The van der Waals surface area contributed by atoms with Crippen LogP contribution < -0.4 is 4.74 Å². The molecule has 0 aliphatic carbocycles. The molecule has 0 unspecified atom stereocenters. The van der Waals surface area contributed by atoms with Gasteiger partial charge in [-0.3, -0.25) is 9.55 Å². The second-order valence-corrected chi connectivity index (χ2v) is 8.50. The Labute approximate surface area is 189 Å². The van der Waals surface area contributed by atoms with Gasteiger partial charge in [-0.25, -0.2) is 0 Å². The third-order valence-electron chi connectivity index (χ3n) is 5.02. The highest BCUT2D eigenvalue weighted by molar-refractivity contribution is 7.98. The van der Waals surface area contributed by atoms with Crippen LogP contribution in [0.3, 0.4) is 0 Å². The van der Waals surface area contributed by atoms with E-state index in [-0.39, 0.29) is 6.79 Å². The van der Waals surface area contributed by atoms with Crippen molar-refractivity contribution in [1.29, 1.82) is 0 Å². The zero-order valence-electron chi connectivity index (χ0n) is 16.8. The number of hydrogen-bond donors (Lipinski definition) is 0. The highest BCUT2D eigenvalue weighted by Gasteiger charge is 2.20. The average Bonchev–Trinajstić information content (AvgIpc) is 3.22. The molecule has 6 nitrogen and oxygen atoms in total. The summed E-state index contributed by atoms with van der Waals surface area (Å²) in [6, 6.07) is 15.9. The molecule has 3 heterocycles. The molecule has 2 aromatic carbocycles. The van der Waals surface area contributed by atoms with Gasteiger partial charge in [-0.1, -0.05) is 41.6 Å². The molecule has 0 fully saturated rings. The van der Waals surface area contributed by atoms with Gasteiger partial charge in [-0.15, -0.1) is 10.2 Å². The number of nitrogens with zero attached hydrogens (tertiary/aromatic N) is 4. The Morgan fingerprint density at radius 1 is 1.13 bits per heavy atom. The average molecular weight is 451 g/mol. The van der Waals surface area contributed by atoms with Crippen LogP contribution in [0.2, 0.25) is 5.02 Å². The molecule has 0 radical (unpaired) electrons. The summed E-state index contributed by atoms with van der Waals surface area (Å²) in [6.07, 6.45) is 3.55. The lowest BCUT2D eigenvalue weighted by Gasteiger charge is -2.21. The van der Waals surface area contributed by atoms with Crippen LogP contribution in [0.25, 0.3) is 17.1 Å². The van der Waals surface area contributed by atoms with E-state index in [0.717, 1.165) is 44.7 Å². The first-order valence-electron chi connectivity index (χ1n) is 9.77. The van der Waals surface area contributed by atoms with Crippen LogP contribution in [0.1, 0.15) is 16.7 Å². The summed E-state index contributed by atoms with van der Waals surface area (Å²) in [6.45, 7) is 2.83. The Bertz CT molecular complexity index is 1230. The van der Waals surface area contributed by atoms with E-state index in [4.69, 9.17) is 21.1 Å². The minimum Gasteiger partial charge on any atom is -0.467 e. The van der Waals surface area contributed by atoms with Crippen molar-refractivity contribution in [2.75, 3.05) is 6.79 Å². The summed E-state index contributed by atoms with van der Waals surface area (Å²) < 4.78 is 13.2. The van der Waals surface area contributed by atoms with E-state index in [1.807, 2.05) is 36.4 Å². The first-order valence-corrected chi connectivity index (χ1v) is 11.1. The molecular weight excluding hydrogens is 432 g/mol. The van der Waals surface area contributed by atoms with Gasteiger partial charge >= 0.3 is 0 Å². The number of benzene rings is 2. The molecule has 1 aliphatic heterocycles. The SMILES string of the molecule is Cc1ccccc1-n1c(SCc2cc(Cl)cc3c2OCOC3)nnc1-c1cccnc1. The molecule has 8 heteroatoms. The fourth-order valence-electron chi connectivity index (χ4n) is 3.58. The van der Waals surface area contributed by atoms with E-state index in [0.29, 0.717) is 17.4 Å². The van der Waals surface area contributed by atoms with E-state index < -0.39 is 0 Å². The maximum atomic E-state index is 6.34. The molecule has 0 saturated carbocycles. The summed E-state index contributed by atoms with van der Waals surface area (Å²) in [4.78, 5) is 4.25. The monoisotopic (exact) mass is 450 g/mol. The van der Waals surface area contributed by atoms with Gasteiger partial charge in [0.1, 0.15) is 5.75 Å². The molecule has 156 valence electrons. The first-order chi connectivity index (χ1) is 15.2. The van der Waals surface area contributed by atoms with Gasteiger partial charge in [0.15, 0.2) is 17.8 Å². The lowest BCUT2D eigenvalue weighted by atomic mass is 10.1. The Morgan fingerprint density at radius 3 is 2.87 bits per heavy atom. The zero-order valence-corrected chi connectivity index (χ0v) is 18.4. The highest BCUT2D eigenvalue weighted by atomic mass is 35.5. The third kappa shape index (κ3) is 4.04. The number of rotatable bonds is 5. The summed E-state index contributed by atoms with van der Waals surface area (Å²) in [5.74, 6) is 2.24. The van der Waals surface area contributed by atoms with Crippen molar-refractivity contribution in [2.45, 2.75) is 24.4 Å². The zero-order chi connectivity index (χ0) is 21.2. The van der Waals surface area contributed by atoms with Gasteiger partial charge in [0.05, 0.1) is 12.3 Å². The van der Waals surface area contributed by atoms with Crippen LogP contribution in [-0.2, 0) is 17.1 Å². The van der Waals surface area contributed by atoms with Crippen LogP contribution in [0.4, 0.5) is 0 Å². The third-order valence-corrected chi connectivity index (χ3v) is 6.21. The second kappa shape index (κ2) is 8.70. The predicted molar refractivity (Wildman–Crippen MR) is 121 cm³/mol. The first kappa shape index (κ1) is 20.1. The Hall–Kier alpha value is -2.87. The van der Waals surface area contributed by atoms with Crippen molar-refractivity contribution in [3.05, 3.63) is 82.6 Å². The number of hydrogen-bond acceptors (Lipinski definition) is 6. The topological polar surface area (TPSA) is 62.1 Å². The second-order valence-electron chi connectivity index (χ2n) is 7.12. The van der Waals surface area contributed by atoms with Crippen LogP contribution in [0.5, 0.6) is 5.75 Å². The number of aryl methyl sites for hydroxylation is 1. The van der Waals surface area contributed by atoms with Gasteiger partial charge in [-0.05, 0) is 42.8 Å². The molecule has 0 amide bonds. The Kier molecular flexibility index (Phi) is 5.63. The number of para-hydroxylation sites is 1. The van der Waals surface area contributed by atoms with E-state index in [9.17, 15) is 0 Å². The summed E-state index contributed by atoms with van der Waals surface area (Å²) in [5.41, 5.74) is 5.05. The lowest BCUT2D eigenvalue weighted by molar-refractivity contribution is -0.0168. The predicted octanol–water partition coefficient (Wildman–Crippen LogP) is 5.45. The summed E-state index contributed by atoms with van der Waals surface area (Å²) in [7, 11) is 0. The molecule has 0 saturated heterocycles. The fourth-order valence-corrected chi connectivity index (χ4v) is 4.76. The Balaban J connectivity index is 1.54. The van der Waals surface area contributed by atoms with Crippen LogP contribution >= 0.6 is 23.4 Å². The van der Waals surface area contributed by atoms with Crippen LogP contribution in [0.15, 0.2) is 66.1 Å². The number of aromatic nitrogens is 4. The van der Waals surface area contributed by atoms with E-state index in [1.54, 1.807) is 24.2 Å². The van der Waals surface area contributed by atoms with Crippen LogP contribution in [-0.4, -0.2) is 26.5 Å². The molecule has 1 aliphatic rings. The van der Waals surface area contributed by atoms with Crippen molar-refractivity contribution in [2.24, 2.45) is 0 Å². The number of halogens is 1. The molecule has 2 aromatic heterocycles. The van der Waals surface area contributed by atoms with Crippen molar-refractivity contribution in [3.63, 3.8) is 0 Å². The van der Waals surface area contributed by atoms with E-state index >= 15 is 0 Å². The van der Waals surface area contributed by atoms with Gasteiger partial charge in [-0.2, -0.15) is 0 Å². The standard InChI is InChI=1S/C23H19ClN4O2S/c1-15-5-2-3-7-20(15)28-22(16-6-4-8-25-11-16)26-27-23(28)31-13-18-10-19(24)9-17-12-29-14-30-21(17)18/h2-11H,12-14H2,1H3. The molecule has 31 heavy (non-hydrogen) atoms. The maximum Gasteiger partial charge on any atom is 0.196 e. The smallest absolute Gasteiger partial charge is 0.196 e. The number of thioether (sulfide) groups is 1. The number of ether oxygens (including phenoxy) is 2. The normalized spacial score (nSPS) is 13.0. The number of pyridine rings is 1. The van der Waals surface area contributed by atoms with Crippen molar-refractivity contribution >= 4 is 23.4 Å². The molecule has 0 spiro atoms. The molecule has 0 bridgehead atoms. The summed E-state index contributed by atoms with van der Waals surface area (Å²) >= 11 is 7.93. The van der Waals surface area contributed by atoms with E-state index in [1.165, 1.54) is 0 Å².